The average molecular weight is 587 g/mol. The van der Waals surface area contributed by atoms with Gasteiger partial charge in [0.2, 0.25) is 17.8 Å². The first-order valence-corrected chi connectivity index (χ1v) is 13.9. The summed E-state index contributed by atoms with van der Waals surface area (Å²) in [7, 11) is 0. The third-order valence-corrected chi connectivity index (χ3v) is 7.20. The molecule has 0 radical (unpaired) electrons. The summed E-state index contributed by atoms with van der Waals surface area (Å²) in [6, 6.07) is 19.3. The number of rotatable bonds is 8. The molecule has 9 nitrogen and oxygen atoms in total. The second-order valence-corrected chi connectivity index (χ2v) is 11.0. The van der Waals surface area contributed by atoms with Crippen molar-refractivity contribution >= 4 is 22.9 Å². The summed E-state index contributed by atoms with van der Waals surface area (Å²) in [5.74, 6) is 0.359. The third-order valence-electron chi connectivity index (χ3n) is 7.20. The molecular weight excluding hydrogens is 550 g/mol. The van der Waals surface area contributed by atoms with Crippen molar-refractivity contribution in [3.8, 4) is 17.1 Å². The second kappa shape index (κ2) is 12.4. The van der Waals surface area contributed by atoms with Crippen LogP contribution in [-0.2, 0) is 11.2 Å². The van der Waals surface area contributed by atoms with E-state index in [0.717, 1.165) is 22.4 Å². The minimum Gasteiger partial charge on any atom is -0.378 e. The van der Waals surface area contributed by atoms with Crippen molar-refractivity contribution in [3.63, 3.8) is 0 Å². The van der Waals surface area contributed by atoms with Gasteiger partial charge in [-0.15, -0.1) is 0 Å². The summed E-state index contributed by atoms with van der Waals surface area (Å²) in [6.45, 7) is 8.32. The Morgan fingerprint density at radius 2 is 1.65 bits per heavy atom. The Morgan fingerprint density at radius 3 is 2.42 bits per heavy atom. The van der Waals surface area contributed by atoms with Gasteiger partial charge in [-0.3, -0.25) is 9.55 Å². The van der Waals surface area contributed by atoms with E-state index in [2.05, 4.69) is 57.3 Å². The minimum absolute atomic E-state index is 0. The Kier molecular flexibility index (Phi) is 8.63. The first-order valence-electron chi connectivity index (χ1n) is 13.9. The number of imidazole rings is 1. The first kappa shape index (κ1) is 30.0. The van der Waals surface area contributed by atoms with Crippen LogP contribution >= 0.6 is 0 Å². The molecule has 0 atom stereocenters. The molecule has 1 N–H and O–H groups in total. The Balaban J connectivity index is 0.00000368. The SMILES string of the molecule is C.Cc1cc(-c2ccccc2CC(C)(C)Nc2nc(N3CCOCC3)nc(-n3c(C(F)F)nc4ccccc43)n2)ccn1. The number of para-hydroxylation sites is 2. The molecule has 43 heavy (non-hydrogen) atoms. The fraction of sp³-hybridized carbons (Fsp3) is 0.344. The number of nitrogens with zero attached hydrogens (tertiary/aromatic N) is 7. The van der Waals surface area contributed by atoms with Gasteiger partial charge in [0, 0.05) is 30.5 Å². The molecule has 6 rings (SSSR count). The van der Waals surface area contributed by atoms with Crippen molar-refractivity contribution in [1.82, 2.24) is 29.5 Å². The van der Waals surface area contributed by atoms with Gasteiger partial charge in [-0.1, -0.05) is 43.8 Å². The highest BCUT2D eigenvalue weighted by molar-refractivity contribution is 5.77. The molecule has 0 aliphatic carbocycles. The summed E-state index contributed by atoms with van der Waals surface area (Å²) >= 11 is 0. The van der Waals surface area contributed by atoms with Gasteiger partial charge >= 0.3 is 0 Å². The zero-order chi connectivity index (χ0) is 29.3. The van der Waals surface area contributed by atoms with Crippen molar-refractivity contribution in [2.45, 2.75) is 46.6 Å². The summed E-state index contributed by atoms with van der Waals surface area (Å²) in [6.07, 6.45) is -0.353. The van der Waals surface area contributed by atoms with E-state index in [-0.39, 0.29) is 13.4 Å². The van der Waals surface area contributed by atoms with Crippen molar-refractivity contribution in [2.75, 3.05) is 36.5 Å². The Morgan fingerprint density at radius 1 is 0.930 bits per heavy atom. The zero-order valence-corrected chi connectivity index (χ0v) is 23.8. The number of benzene rings is 2. The predicted molar refractivity (Wildman–Crippen MR) is 165 cm³/mol. The molecule has 0 unspecified atom stereocenters. The Bertz CT molecular complexity index is 1720. The molecule has 11 heteroatoms. The summed E-state index contributed by atoms with van der Waals surface area (Å²) in [5.41, 5.74) is 4.73. The summed E-state index contributed by atoms with van der Waals surface area (Å²) in [4.78, 5) is 24.6. The lowest BCUT2D eigenvalue weighted by molar-refractivity contribution is 0.122. The normalized spacial score (nSPS) is 13.8. The zero-order valence-electron chi connectivity index (χ0n) is 23.8. The first-order chi connectivity index (χ1) is 20.3. The number of aryl methyl sites for hydroxylation is 1. The van der Waals surface area contributed by atoms with Gasteiger partial charge in [0.1, 0.15) is 0 Å². The molecule has 0 spiro atoms. The minimum atomic E-state index is -2.82. The van der Waals surface area contributed by atoms with Crippen LogP contribution in [0.15, 0.2) is 66.9 Å². The van der Waals surface area contributed by atoms with Crippen LogP contribution in [0.1, 0.15) is 44.8 Å². The number of alkyl halides is 2. The lowest BCUT2D eigenvalue weighted by Crippen LogP contribution is -2.39. The number of morpholine rings is 1. The van der Waals surface area contributed by atoms with Crippen LogP contribution in [0.25, 0.3) is 28.1 Å². The van der Waals surface area contributed by atoms with E-state index >= 15 is 0 Å². The number of halogens is 2. The van der Waals surface area contributed by atoms with Crippen LogP contribution in [0.2, 0.25) is 0 Å². The van der Waals surface area contributed by atoms with Crippen LogP contribution < -0.4 is 10.2 Å². The molecule has 0 bridgehead atoms. The number of pyridine rings is 1. The molecule has 1 saturated heterocycles. The molecule has 5 aromatic rings. The van der Waals surface area contributed by atoms with Crippen LogP contribution in [0.3, 0.4) is 0 Å². The maximum absolute atomic E-state index is 14.2. The summed E-state index contributed by atoms with van der Waals surface area (Å²) < 4.78 is 35.3. The van der Waals surface area contributed by atoms with Crippen LogP contribution in [0, 0.1) is 6.92 Å². The largest absolute Gasteiger partial charge is 0.378 e. The van der Waals surface area contributed by atoms with Gasteiger partial charge in [-0.25, -0.2) is 13.8 Å². The highest BCUT2D eigenvalue weighted by Gasteiger charge is 2.27. The number of fused-ring (bicyclic) bond motifs is 1. The van der Waals surface area contributed by atoms with Gasteiger partial charge in [0.05, 0.1) is 24.2 Å². The highest BCUT2D eigenvalue weighted by Crippen LogP contribution is 2.30. The van der Waals surface area contributed by atoms with Crippen molar-refractivity contribution in [2.24, 2.45) is 0 Å². The molecule has 224 valence electrons. The van der Waals surface area contributed by atoms with Crippen molar-refractivity contribution < 1.29 is 13.5 Å². The number of aromatic nitrogens is 6. The Labute approximate surface area is 250 Å². The third kappa shape index (κ3) is 6.46. The molecule has 3 aromatic heterocycles. The van der Waals surface area contributed by atoms with E-state index in [1.165, 1.54) is 4.57 Å². The van der Waals surface area contributed by atoms with Crippen molar-refractivity contribution in [1.29, 1.82) is 0 Å². The topological polar surface area (TPSA) is 93.9 Å². The van der Waals surface area contributed by atoms with E-state index < -0.39 is 17.8 Å². The molecule has 0 saturated carbocycles. The van der Waals surface area contributed by atoms with E-state index in [1.54, 1.807) is 24.3 Å². The number of hydrogen-bond donors (Lipinski definition) is 1. The number of hydrogen-bond acceptors (Lipinski definition) is 8. The van der Waals surface area contributed by atoms with E-state index in [4.69, 9.17) is 9.72 Å². The van der Waals surface area contributed by atoms with Gasteiger partial charge in [0.15, 0.2) is 5.82 Å². The molecule has 1 aliphatic heterocycles. The summed E-state index contributed by atoms with van der Waals surface area (Å²) in [5, 5.41) is 3.48. The van der Waals surface area contributed by atoms with E-state index in [9.17, 15) is 8.78 Å². The van der Waals surface area contributed by atoms with Crippen molar-refractivity contribution in [3.05, 3.63) is 83.9 Å². The second-order valence-electron chi connectivity index (χ2n) is 11.0. The maximum Gasteiger partial charge on any atom is 0.296 e. The van der Waals surface area contributed by atoms with Crippen LogP contribution in [0.5, 0.6) is 0 Å². The number of anilines is 2. The van der Waals surface area contributed by atoms with Crippen LogP contribution in [-0.4, -0.2) is 61.3 Å². The van der Waals surface area contributed by atoms with E-state index in [1.807, 2.05) is 36.2 Å². The highest BCUT2D eigenvalue weighted by atomic mass is 19.3. The van der Waals surface area contributed by atoms with Gasteiger partial charge in [-0.05, 0) is 68.1 Å². The van der Waals surface area contributed by atoms with Gasteiger partial charge in [-0.2, -0.15) is 15.0 Å². The predicted octanol–water partition coefficient (Wildman–Crippen LogP) is 6.42. The van der Waals surface area contributed by atoms with E-state index in [0.29, 0.717) is 55.7 Å². The smallest absolute Gasteiger partial charge is 0.296 e. The average Bonchev–Trinajstić information content (AvgIpc) is 3.38. The van der Waals surface area contributed by atoms with Gasteiger partial charge < -0.3 is 15.0 Å². The molecule has 0 amide bonds. The molecule has 1 aliphatic rings. The maximum atomic E-state index is 14.2. The lowest BCUT2D eigenvalue weighted by Gasteiger charge is -2.30. The van der Waals surface area contributed by atoms with Crippen LogP contribution in [0.4, 0.5) is 20.7 Å². The van der Waals surface area contributed by atoms with Gasteiger partial charge in [0.25, 0.3) is 6.43 Å². The monoisotopic (exact) mass is 586 g/mol. The number of nitrogens with one attached hydrogen (secondary N) is 1. The molecular formula is C32H36F2N8O. The standard InChI is InChI=1S/C31H32F2N8O.CH4/c1-20-18-21(12-13-34-20)23-9-5-4-8-22(23)19-31(2,3)39-28-36-29(40-14-16-42-17-15-40)38-30(37-28)41-25-11-7-6-10-24(25)35-27(41)26(32)33;/h4-13,18,26H,14-17,19H2,1-3H3,(H,36,37,38,39);1H4. The quantitative estimate of drug-likeness (QED) is 0.223. The fourth-order valence-corrected chi connectivity index (χ4v) is 5.31. The molecule has 1 fully saturated rings. The fourth-order valence-electron chi connectivity index (χ4n) is 5.31. The Hall–Kier alpha value is -4.51. The lowest BCUT2D eigenvalue weighted by atomic mass is 9.89. The number of ether oxygens (including phenoxy) is 1. The molecule has 4 heterocycles. The molecule has 2 aromatic carbocycles.